The van der Waals surface area contributed by atoms with E-state index in [0.29, 0.717) is 6.54 Å². The van der Waals surface area contributed by atoms with Gasteiger partial charge in [-0.25, -0.2) is 4.79 Å². The van der Waals surface area contributed by atoms with Crippen LogP contribution in [0.15, 0.2) is 54.6 Å². The van der Waals surface area contributed by atoms with Crippen molar-refractivity contribution >= 4 is 11.9 Å². The Hall–Kier alpha value is -3.06. The van der Waals surface area contributed by atoms with E-state index in [4.69, 9.17) is 5.11 Å². The first kappa shape index (κ1) is 14.4. The van der Waals surface area contributed by atoms with Crippen LogP contribution in [0.2, 0.25) is 0 Å². The summed E-state index contributed by atoms with van der Waals surface area (Å²) in [6, 6.07) is 15.6. The number of benzene rings is 2. The number of carbonyl (C=O) groups is 2. The smallest absolute Gasteiger partial charge is 0.335 e. The fourth-order valence-corrected chi connectivity index (χ4v) is 1.64. The van der Waals surface area contributed by atoms with Crippen LogP contribution >= 0.6 is 0 Å². The van der Waals surface area contributed by atoms with Gasteiger partial charge in [-0.2, -0.15) is 0 Å². The summed E-state index contributed by atoms with van der Waals surface area (Å²) >= 11 is 0. The van der Waals surface area contributed by atoms with Crippen LogP contribution < -0.4 is 5.32 Å². The summed E-state index contributed by atoms with van der Waals surface area (Å²) in [7, 11) is 0. The van der Waals surface area contributed by atoms with E-state index in [1.165, 1.54) is 12.1 Å². The second-order valence-corrected chi connectivity index (χ2v) is 4.30. The minimum absolute atomic E-state index is 0.217. The van der Waals surface area contributed by atoms with Gasteiger partial charge in [0.05, 0.1) is 5.56 Å². The van der Waals surface area contributed by atoms with Crippen LogP contribution in [0.3, 0.4) is 0 Å². The summed E-state index contributed by atoms with van der Waals surface area (Å²) in [5.41, 5.74) is 1.81. The Labute approximate surface area is 122 Å². The van der Waals surface area contributed by atoms with Crippen LogP contribution in [0, 0.1) is 11.8 Å². The highest BCUT2D eigenvalue weighted by Crippen LogP contribution is 2.04. The number of hydrogen-bond acceptors (Lipinski definition) is 2. The molecule has 0 atom stereocenters. The number of nitrogens with one attached hydrogen (secondary N) is 1. The normalized spacial score (nSPS) is 9.33. The monoisotopic (exact) mass is 279 g/mol. The van der Waals surface area contributed by atoms with E-state index in [1.54, 1.807) is 12.1 Å². The summed E-state index contributed by atoms with van der Waals surface area (Å²) in [5, 5.41) is 11.4. The highest BCUT2D eigenvalue weighted by atomic mass is 16.4. The van der Waals surface area contributed by atoms with E-state index in [0.717, 1.165) is 11.1 Å². The van der Waals surface area contributed by atoms with E-state index in [-0.39, 0.29) is 11.5 Å². The maximum absolute atomic E-state index is 11.6. The lowest BCUT2D eigenvalue weighted by atomic mass is 10.1. The van der Waals surface area contributed by atoms with Gasteiger partial charge < -0.3 is 10.4 Å². The molecule has 4 nitrogen and oxygen atoms in total. The predicted molar refractivity (Wildman–Crippen MR) is 78.6 cm³/mol. The van der Waals surface area contributed by atoms with E-state index in [9.17, 15) is 9.59 Å². The van der Waals surface area contributed by atoms with Crippen molar-refractivity contribution in [3.05, 3.63) is 71.3 Å². The number of carbonyl (C=O) groups excluding carboxylic acids is 1. The van der Waals surface area contributed by atoms with Gasteiger partial charge in [0.15, 0.2) is 0 Å². The third-order valence-corrected chi connectivity index (χ3v) is 2.75. The molecule has 2 N–H and O–H groups in total. The first-order valence-electron chi connectivity index (χ1n) is 6.32. The second-order valence-electron chi connectivity index (χ2n) is 4.30. The molecule has 0 spiro atoms. The van der Waals surface area contributed by atoms with Crippen LogP contribution in [-0.4, -0.2) is 17.0 Å². The molecule has 0 radical (unpaired) electrons. The van der Waals surface area contributed by atoms with Crippen LogP contribution in [0.25, 0.3) is 0 Å². The molecule has 1 amide bonds. The van der Waals surface area contributed by atoms with Crippen molar-refractivity contribution < 1.29 is 14.7 Å². The van der Waals surface area contributed by atoms with Crippen LogP contribution in [-0.2, 0) is 11.3 Å². The molecule has 4 heteroatoms. The molecule has 0 saturated heterocycles. The lowest BCUT2D eigenvalue weighted by molar-refractivity contribution is -0.115. The Kier molecular flexibility index (Phi) is 4.73. The number of rotatable bonds is 3. The fraction of sp³-hybridized carbons (Fsp3) is 0.0588. The highest BCUT2D eigenvalue weighted by Gasteiger charge is 2.02. The van der Waals surface area contributed by atoms with Gasteiger partial charge in [-0.15, -0.1) is 0 Å². The number of hydrogen-bond donors (Lipinski definition) is 2. The molecule has 21 heavy (non-hydrogen) atoms. The van der Waals surface area contributed by atoms with Crippen molar-refractivity contribution in [3.8, 4) is 11.8 Å². The summed E-state index contributed by atoms with van der Waals surface area (Å²) in [6.45, 7) is 0.308. The summed E-state index contributed by atoms with van der Waals surface area (Å²) in [5.74, 6) is 3.92. The first-order valence-corrected chi connectivity index (χ1v) is 6.32. The Morgan fingerprint density at radius 3 is 2.29 bits per heavy atom. The Bertz CT molecular complexity index is 694. The van der Waals surface area contributed by atoms with Crippen LogP contribution in [0.4, 0.5) is 0 Å². The highest BCUT2D eigenvalue weighted by molar-refractivity contribution is 5.94. The second kappa shape index (κ2) is 6.92. The summed E-state index contributed by atoms with van der Waals surface area (Å²) in [4.78, 5) is 22.3. The Morgan fingerprint density at radius 2 is 1.67 bits per heavy atom. The molecule has 0 aliphatic heterocycles. The topological polar surface area (TPSA) is 66.4 Å². The van der Waals surface area contributed by atoms with Crippen molar-refractivity contribution in [2.24, 2.45) is 0 Å². The zero-order valence-electron chi connectivity index (χ0n) is 11.2. The molecule has 104 valence electrons. The van der Waals surface area contributed by atoms with Gasteiger partial charge >= 0.3 is 5.97 Å². The molecule has 0 aromatic heterocycles. The molecule has 0 fully saturated rings. The quantitative estimate of drug-likeness (QED) is 0.845. The van der Waals surface area contributed by atoms with Gasteiger partial charge in [0.25, 0.3) is 5.91 Å². The third-order valence-electron chi connectivity index (χ3n) is 2.75. The standard InChI is InChI=1S/C17H13NO3/c19-16(11-8-13-4-2-1-3-5-13)18-12-14-6-9-15(10-7-14)17(20)21/h1-7,9-10H,12H2,(H,18,19)(H,20,21). The molecule has 0 bridgehead atoms. The van der Waals surface area contributed by atoms with Crippen molar-refractivity contribution in [1.82, 2.24) is 5.32 Å². The molecular formula is C17H13NO3. The van der Waals surface area contributed by atoms with Crippen molar-refractivity contribution in [2.45, 2.75) is 6.54 Å². The molecule has 0 aliphatic rings. The molecule has 0 aliphatic carbocycles. The molecule has 2 rings (SSSR count). The summed E-state index contributed by atoms with van der Waals surface area (Å²) in [6.07, 6.45) is 0. The van der Waals surface area contributed by atoms with Crippen molar-refractivity contribution in [1.29, 1.82) is 0 Å². The molecule has 2 aromatic carbocycles. The average Bonchev–Trinajstić information content (AvgIpc) is 2.52. The molecule has 0 saturated carbocycles. The average molecular weight is 279 g/mol. The zero-order chi connectivity index (χ0) is 15.1. The van der Waals surface area contributed by atoms with Crippen molar-refractivity contribution in [3.63, 3.8) is 0 Å². The molecular weight excluding hydrogens is 266 g/mol. The zero-order valence-corrected chi connectivity index (χ0v) is 11.2. The van der Waals surface area contributed by atoms with E-state index in [2.05, 4.69) is 17.2 Å². The maximum Gasteiger partial charge on any atom is 0.335 e. The largest absolute Gasteiger partial charge is 0.478 e. The molecule has 0 unspecified atom stereocenters. The number of amides is 1. The third kappa shape index (κ3) is 4.51. The lowest BCUT2D eigenvalue weighted by Crippen LogP contribution is -2.20. The predicted octanol–water partition coefficient (Wildman–Crippen LogP) is 2.05. The minimum Gasteiger partial charge on any atom is -0.478 e. The first-order chi connectivity index (χ1) is 10.1. The van der Waals surface area contributed by atoms with E-state index in [1.807, 2.05) is 30.3 Å². The number of aromatic carboxylic acids is 1. The van der Waals surface area contributed by atoms with Gasteiger partial charge in [-0.3, -0.25) is 4.79 Å². The van der Waals surface area contributed by atoms with Crippen LogP contribution in [0.5, 0.6) is 0 Å². The van der Waals surface area contributed by atoms with Crippen LogP contribution in [0.1, 0.15) is 21.5 Å². The number of carboxylic acid groups (broad SMARTS) is 1. The fourth-order valence-electron chi connectivity index (χ4n) is 1.64. The van der Waals surface area contributed by atoms with Gasteiger partial charge in [0, 0.05) is 18.0 Å². The Balaban J connectivity index is 1.90. The van der Waals surface area contributed by atoms with Gasteiger partial charge in [0.1, 0.15) is 0 Å². The minimum atomic E-state index is -0.973. The van der Waals surface area contributed by atoms with E-state index < -0.39 is 5.97 Å². The van der Waals surface area contributed by atoms with Gasteiger partial charge in [-0.05, 0) is 29.8 Å². The summed E-state index contributed by atoms with van der Waals surface area (Å²) < 4.78 is 0. The number of carboxylic acids is 1. The maximum atomic E-state index is 11.6. The lowest BCUT2D eigenvalue weighted by Gasteiger charge is -2.02. The van der Waals surface area contributed by atoms with Gasteiger partial charge in [-0.1, -0.05) is 36.3 Å². The Morgan fingerprint density at radius 1 is 1.00 bits per heavy atom. The SMILES string of the molecule is O=C(C#Cc1ccccc1)NCc1ccc(C(=O)O)cc1. The molecule has 2 aromatic rings. The molecule has 0 heterocycles. The van der Waals surface area contributed by atoms with E-state index >= 15 is 0 Å². The van der Waals surface area contributed by atoms with Crippen molar-refractivity contribution in [2.75, 3.05) is 0 Å². The van der Waals surface area contributed by atoms with Gasteiger partial charge in [0.2, 0.25) is 0 Å².